The van der Waals surface area contributed by atoms with Crippen LogP contribution in [0.2, 0.25) is 0 Å². The monoisotopic (exact) mass is 270 g/mol. The zero-order valence-electron chi connectivity index (χ0n) is 13.8. The van der Waals surface area contributed by atoms with Gasteiger partial charge in [-0.05, 0) is 6.42 Å². The lowest BCUT2D eigenvalue weighted by molar-refractivity contribution is 0.761. The van der Waals surface area contributed by atoms with E-state index in [0.717, 1.165) is 19.4 Å². The Labute approximate surface area is 117 Å². The topological polar surface area (TPSA) is 40.6 Å². The third kappa shape index (κ3) is 5.05. The maximum absolute atomic E-state index is 11.4. The summed E-state index contributed by atoms with van der Waals surface area (Å²) in [6.45, 7) is 10.9. The first-order valence-corrected chi connectivity index (χ1v) is 7.22. The summed E-state index contributed by atoms with van der Waals surface area (Å²) in [5, 5.41) is 0. The molecule has 1 aromatic carbocycles. The fourth-order valence-electron chi connectivity index (χ4n) is 1.64. The van der Waals surface area contributed by atoms with Gasteiger partial charge >= 0.3 is 0 Å². The Morgan fingerprint density at radius 2 is 1.26 bits per heavy atom. The van der Waals surface area contributed by atoms with Crippen LogP contribution in [0.5, 0.6) is 0 Å². The summed E-state index contributed by atoms with van der Waals surface area (Å²) >= 11 is 0. The van der Waals surface area contributed by atoms with Gasteiger partial charge in [0.15, 0.2) is 0 Å². The molecule has 0 unspecified atom stereocenters. The summed E-state index contributed by atoms with van der Waals surface area (Å²) in [7, 11) is 5.43. The Morgan fingerprint density at radius 1 is 0.842 bits per heavy atom. The van der Waals surface area contributed by atoms with E-state index in [2.05, 4.69) is 6.92 Å². The van der Waals surface area contributed by atoms with E-state index in [1.165, 1.54) is 0 Å². The summed E-state index contributed by atoms with van der Waals surface area (Å²) in [4.78, 5) is 26.3. The lowest BCUT2D eigenvalue weighted by Crippen LogP contribution is -2.43. The lowest BCUT2D eigenvalue weighted by atomic mass is 10.1. The maximum atomic E-state index is 11.4. The smallest absolute Gasteiger partial charge is 0.253 e. The van der Waals surface area contributed by atoms with E-state index < -0.39 is 0 Å². The van der Waals surface area contributed by atoms with Crippen molar-refractivity contribution in [2.45, 2.75) is 47.5 Å². The number of unbranched alkanes of at least 4 members (excludes halogenated alkanes) is 1. The van der Waals surface area contributed by atoms with Crippen LogP contribution in [0.3, 0.4) is 0 Å². The zero-order valence-corrected chi connectivity index (χ0v) is 13.8. The largest absolute Gasteiger partial charge is 0.373 e. The lowest BCUT2D eigenvalue weighted by Gasteiger charge is -2.26. The van der Waals surface area contributed by atoms with Gasteiger partial charge in [0, 0.05) is 27.7 Å². The SMILES string of the molecule is CC.CC.CCCCN(C)c1c(N(C)C)c(=O)c1=O. The predicted molar refractivity (Wildman–Crippen MR) is 86.6 cm³/mol. The molecule has 0 bridgehead atoms. The van der Waals surface area contributed by atoms with Crippen LogP contribution >= 0.6 is 0 Å². The minimum atomic E-state index is -0.363. The normalized spacial score (nSPS) is 9.05. The van der Waals surface area contributed by atoms with Crippen LogP contribution in [0.4, 0.5) is 11.4 Å². The molecule has 0 aliphatic rings. The van der Waals surface area contributed by atoms with Crippen molar-refractivity contribution in [3.8, 4) is 0 Å². The van der Waals surface area contributed by atoms with Gasteiger partial charge < -0.3 is 9.80 Å². The third-order valence-electron chi connectivity index (χ3n) is 2.54. The van der Waals surface area contributed by atoms with E-state index in [1.807, 2.05) is 39.6 Å². The molecule has 0 saturated heterocycles. The van der Waals surface area contributed by atoms with E-state index in [-0.39, 0.29) is 10.9 Å². The molecule has 0 fully saturated rings. The maximum Gasteiger partial charge on any atom is 0.253 e. The van der Waals surface area contributed by atoms with Gasteiger partial charge in [0.25, 0.3) is 10.9 Å². The highest BCUT2D eigenvalue weighted by molar-refractivity contribution is 5.75. The molecule has 4 heteroatoms. The molecule has 0 spiro atoms. The van der Waals surface area contributed by atoms with Crippen LogP contribution < -0.4 is 20.7 Å². The van der Waals surface area contributed by atoms with Gasteiger partial charge in [-0.15, -0.1) is 0 Å². The fraction of sp³-hybridized carbons (Fsp3) is 0.733. The Morgan fingerprint density at radius 3 is 1.63 bits per heavy atom. The van der Waals surface area contributed by atoms with Crippen LogP contribution in [0, 0.1) is 0 Å². The molecule has 0 N–H and O–H groups in total. The van der Waals surface area contributed by atoms with E-state index >= 15 is 0 Å². The van der Waals surface area contributed by atoms with E-state index in [1.54, 1.807) is 19.0 Å². The fourth-order valence-corrected chi connectivity index (χ4v) is 1.64. The molecule has 112 valence electrons. The number of hydrogen-bond acceptors (Lipinski definition) is 4. The average Bonchev–Trinajstić information content (AvgIpc) is 2.44. The van der Waals surface area contributed by atoms with Gasteiger partial charge in [-0.1, -0.05) is 41.0 Å². The van der Waals surface area contributed by atoms with Crippen LogP contribution in [0.1, 0.15) is 47.5 Å². The van der Waals surface area contributed by atoms with Gasteiger partial charge in [-0.3, -0.25) is 9.59 Å². The number of anilines is 2. The highest BCUT2D eigenvalue weighted by atomic mass is 16.2. The Hall–Kier alpha value is -1.32. The molecule has 1 aromatic rings. The summed E-state index contributed by atoms with van der Waals surface area (Å²) in [6, 6.07) is 0. The van der Waals surface area contributed by atoms with Crippen molar-refractivity contribution in [3.63, 3.8) is 0 Å². The third-order valence-corrected chi connectivity index (χ3v) is 2.54. The summed E-state index contributed by atoms with van der Waals surface area (Å²) in [5.41, 5.74) is 0.396. The molecule has 1 rings (SSSR count). The minimum Gasteiger partial charge on any atom is -0.373 e. The number of nitrogens with zero attached hydrogens (tertiary/aromatic N) is 2. The second-order valence-electron chi connectivity index (χ2n) is 4.02. The van der Waals surface area contributed by atoms with Gasteiger partial charge in [0.05, 0.1) is 0 Å². The quantitative estimate of drug-likeness (QED) is 0.771. The molecule has 19 heavy (non-hydrogen) atoms. The van der Waals surface area contributed by atoms with Crippen molar-refractivity contribution in [1.82, 2.24) is 0 Å². The zero-order chi connectivity index (χ0) is 15.6. The molecule has 4 nitrogen and oxygen atoms in total. The molecule has 0 radical (unpaired) electrons. The molecular weight excluding hydrogens is 240 g/mol. The first-order valence-electron chi connectivity index (χ1n) is 7.22. The molecule has 0 aliphatic heterocycles. The highest BCUT2D eigenvalue weighted by Gasteiger charge is 2.24. The molecule has 0 saturated carbocycles. The average molecular weight is 270 g/mol. The molecular formula is C15H30N2O2. The highest BCUT2D eigenvalue weighted by Crippen LogP contribution is 2.21. The first-order chi connectivity index (χ1) is 9.00. The van der Waals surface area contributed by atoms with Crippen LogP contribution in [-0.2, 0) is 0 Å². The van der Waals surface area contributed by atoms with Crippen molar-refractivity contribution in [3.05, 3.63) is 20.4 Å². The predicted octanol–water partition coefficient (Wildman–Crippen LogP) is 2.64. The van der Waals surface area contributed by atoms with Crippen LogP contribution in [0.15, 0.2) is 9.59 Å². The van der Waals surface area contributed by atoms with Crippen LogP contribution in [0.25, 0.3) is 0 Å². The second kappa shape index (κ2) is 10.6. The summed E-state index contributed by atoms with van der Waals surface area (Å²) in [5.74, 6) is 0. The Balaban J connectivity index is 0. The molecule has 0 atom stereocenters. The standard InChI is InChI=1S/C11H18N2O2.2C2H6/c1-5-6-7-13(4)9-8(12(2)3)10(14)11(9)15;2*1-2/h5-7H2,1-4H3;2*1-2H3. The van der Waals surface area contributed by atoms with E-state index in [9.17, 15) is 9.59 Å². The van der Waals surface area contributed by atoms with E-state index in [4.69, 9.17) is 0 Å². The van der Waals surface area contributed by atoms with Crippen molar-refractivity contribution < 1.29 is 0 Å². The van der Waals surface area contributed by atoms with Crippen molar-refractivity contribution in [2.24, 2.45) is 0 Å². The van der Waals surface area contributed by atoms with Gasteiger partial charge in [-0.2, -0.15) is 0 Å². The van der Waals surface area contributed by atoms with Gasteiger partial charge in [0.1, 0.15) is 11.4 Å². The van der Waals surface area contributed by atoms with E-state index in [0.29, 0.717) is 11.4 Å². The van der Waals surface area contributed by atoms with Gasteiger partial charge in [0.2, 0.25) is 0 Å². The number of hydrogen-bond donors (Lipinski definition) is 0. The Kier molecular flexibility index (Phi) is 11.1. The minimum absolute atomic E-state index is 0.350. The molecule has 0 amide bonds. The first kappa shape index (κ1) is 20.0. The molecule has 0 aromatic heterocycles. The Bertz CT molecular complexity index is 404. The van der Waals surface area contributed by atoms with Crippen molar-refractivity contribution in [2.75, 3.05) is 37.5 Å². The summed E-state index contributed by atoms with van der Waals surface area (Å²) in [6.07, 6.45) is 2.11. The van der Waals surface area contributed by atoms with Crippen molar-refractivity contribution in [1.29, 1.82) is 0 Å². The second-order valence-corrected chi connectivity index (χ2v) is 4.02. The summed E-state index contributed by atoms with van der Waals surface area (Å²) < 4.78 is 0. The van der Waals surface area contributed by atoms with Crippen molar-refractivity contribution >= 4 is 11.4 Å². The molecule has 0 aliphatic carbocycles. The van der Waals surface area contributed by atoms with Crippen LogP contribution in [-0.4, -0.2) is 27.7 Å². The number of rotatable bonds is 5. The molecule has 0 heterocycles. The van der Waals surface area contributed by atoms with Gasteiger partial charge in [-0.25, -0.2) is 0 Å².